The number of nitrogens with zero attached hydrogens (tertiary/aromatic N) is 2. The highest BCUT2D eigenvalue weighted by Gasteiger charge is 2.35. The van der Waals surface area contributed by atoms with E-state index in [2.05, 4.69) is 40.9 Å². The van der Waals surface area contributed by atoms with Gasteiger partial charge in [-0.2, -0.15) is 5.10 Å². The summed E-state index contributed by atoms with van der Waals surface area (Å²) in [4.78, 5) is 26.9. The number of carbonyl (C=O) groups excluding carboxylic acids is 2. The molecule has 1 fully saturated rings. The lowest BCUT2D eigenvalue weighted by atomic mass is 9.97. The summed E-state index contributed by atoms with van der Waals surface area (Å²) in [6.45, 7) is 2.36. The van der Waals surface area contributed by atoms with Crippen LogP contribution in [0.25, 0.3) is 21.5 Å². The molecule has 0 saturated carbocycles. The number of anilines is 1. The highest BCUT2D eigenvalue weighted by Crippen LogP contribution is 2.28. The van der Waals surface area contributed by atoms with Gasteiger partial charge in [0.25, 0.3) is 0 Å². The standard InChI is InChI=1S/C27H23N3O2/c1-18-10-12-22(13-11-18)30-17-21(15-26(30)31)27(32)29-28-16-25-23-8-4-2-6-19(23)14-20-7-3-5-9-24(20)25/h2-14,16,21H,15,17H2,1H3,(H,29,32)/b28-16+/t21-/m0/s1. The summed E-state index contributed by atoms with van der Waals surface area (Å²) in [5.74, 6) is -0.711. The van der Waals surface area contributed by atoms with Crippen LogP contribution in [0, 0.1) is 12.8 Å². The quantitative estimate of drug-likeness (QED) is 0.292. The first-order chi connectivity index (χ1) is 15.6. The van der Waals surface area contributed by atoms with Gasteiger partial charge in [0.05, 0.1) is 12.1 Å². The molecule has 1 aliphatic rings. The van der Waals surface area contributed by atoms with Gasteiger partial charge in [-0.25, -0.2) is 5.43 Å². The minimum Gasteiger partial charge on any atom is -0.312 e. The first-order valence-electron chi connectivity index (χ1n) is 10.7. The summed E-state index contributed by atoms with van der Waals surface area (Å²) in [6, 6.07) is 26.2. The summed E-state index contributed by atoms with van der Waals surface area (Å²) in [5.41, 5.74) is 5.57. The summed E-state index contributed by atoms with van der Waals surface area (Å²) in [6.07, 6.45) is 1.89. The van der Waals surface area contributed by atoms with Gasteiger partial charge in [-0.3, -0.25) is 9.59 Å². The molecule has 5 rings (SSSR count). The average Bonchev–Trinajstić information content (AvgIpc) is 3.20. The Hall–Kier alpha value is -3.99. The van der Waals surface area contributed by atoms with Crippen molar-refractivity contribution in [2.24, 2.45) is 11.0 Å². The zero-order chi connectivity index (χ0) is 22.1. The van der Waals surface area contributed by atoms with Gasteiger partial charge < -0.3 is 4.90 Å². The number of amides is 2. The van der Waals surface area contributed by atoms with Gasteiger partial charge in [0.2, 0.25) is 11.8 Å². The number of hydrogen-bond acceptors (Lipinski definition) is 3. The monoisotopic (exact) mass is 421 g/mol. The number of aryl methyl sites for hydroxylation is 1. The van der Waals surface area contributed by atoms with E-state index < -0.39 is 5.92 Å². The van der Waals surface area contributed by atoms with Crippen LogP contribution in [0.15, 0.2) is 84.0 Å². The lowest BCUT2D eigenvalue weighted by Gasteiger charge is -2.16. The summed E-state index contributed by atoms with van der Waals surface area (Å²) in [5, 5.41) is 8.66. The summed E-state index contributed by atoms with van der Waals surface area (Å²) in [7, 11) is 0. The second-order valence-corrected chi connectivity index (χ2v) is 8.21. The minimum absolute atomic E-state index is 0.0435. The van der Waals surface area contributed by atoms with Gasteiger partial charge in [0, 0.05) is 24.2 Å². The Bertz CT molecular complexity index is 1300. The van der Waals surface area contributed by atoms with E-state index >= 15 is 0 Å². The van der Waals surface area contributed by atoms with E-state index in [1.807, 2.05) is 55.5 Å². The van der Waals surface area contributed by atoms with Crippen molar-refractivity contribution >= 4 is 45.3 Å². The number of carbonyl (C=O) groups is 2. The Labute approximate surface area is 186 Å². The van der Waals surface area contributed by atoms with Gasteiger partial charge in [-0.1, -0.05) is 66.2 Å². The third-order valence-corrected chi connectivity index (χ3v) is 6.02. The smallest absolute Gasteiger partial charge is 0.245 e. The molecular weight excluding hydrogens is 398 g/mol. The van der Waals surface area contributed by atoms with Crippen LogP contribution in [-0.4, -0.2) is 24.6 Å². The van der Waals surface area contributed by atoms with Gasteiger partial charge in [-0.15, -0.1) is 0 Å². The van der Waals surface area contributed by atoms with Crippen LogP contribution in [0.1, 0.15) is 17.5 Å². The van der Waals surface area contributed by atoms with Crippen molar-refractivity contribution in [1.29, 1.82) is 0 Å². The second-order valence-electron chi connectivity index (χ2n) is 8.21. The van der Waals surface area contributed by atoms with Crippen LogP contribution in [0.2, 0.25) is 0 Å². The Morgan fingerprint density at radius 1 is 0.969 bits per heavy atom. The molecule has 4 aromatic carbocycles. The van der Waals surface area contributed by atoms with Crippen LogP contribution < -0.4 is 10.3 Å². The Morgan fingerprint density at radius 2 is 1.59 bits per heavy atom. The molecule has 0 spiro atoms. The summed E-state index contributed by atoms with van der Waals surface area (Å²) < 4.78 is 0. The first kappa shape index (κ1) is 19.9. The maximum atomic E-state index is 12.7. The van der Waals surface area contributed by atoms with Gasteiger partial charge in [-0.05, 0) is 46.7 Å². The molecule has 0 bridgehead atoms. The molecule has 0 aromatic heterocycles. The lowest BCUT2D eigenvalue weighted by molar-refractivity contribution is -0.126. The van der Waals surface area contributed by atoms with E-state index in [-0.39, 0.29) is 18.2 Å². The largest absolute Gasteiger partial charge is 0.312 e. The van der Waals surface area contributed by atoms with Gasteiger partial charge in [0.1, 0.15) is 0 Å². The molecule has 1 heterocycles. The molecule has 5 heteroatoms. The SMILES string of the molecule is Cc1ccc(N2C[C@@H](C(=O)N/N=C/c3c4ccccc4cc4ccccc34)CC2=O)cc1. The maximum Gasteiger partial charge on any atom is 0.245 e. The van der Waals surface area contributed by atoms with E-state index in [0.717, 1.165) is 38.4 Å². The predicted octanol–water partition coefficient (Wildman–Crippen LogP) is 4.80. The topological polar surface area (TPSA) is 61.8 Å². The Kier molecular flexibility index (Phi) is 5.15. The average molecular weight is 422 g/mol. The van der Waals surface area contributed by atoms with E-state index in [9.17, 15) is 9.59 Å². The number of nitrogens with one attached hydrogen (secondary N) is 1. The fraction of sp³-hybridized carbons (Fsp3) is 0.148. The first-order valence-corrected chi connectivity index (χ1v) is 10.7. The van der Waals surface area contributed by atoms with Crippen molar-refractivity contribution in [3.63, 3.8) is 0 Å². The molecule has 158 valence electrons. The van der Waals surface area contributed by atoms with Crippen LogP contribution >= 0.6 is 0 Å². The normalized spacial score (nSPS) is 16.3. The molecule has 0 unspecified atom stereocenters. The van der Waals surface area contributed by atoms with E-state index in [0.29, 0.717) is 6.54 Å². The van der Waals surface area contributed by atoms with Gasteiger partial charge in [0.15, 0.2) is 0 Å². The van der Waals surface area contributed by atoms with Crippen LogP contribution in [0.3, 0.4) is 0 Å². The molecule has 5 nitrogen and oxygen atoms in total. The van der Waals surface area contributed by atoms with Crippen LogP contribution in [0.5, 0.6) is 0 Å². The van der Waals surface area contributed by atoms with Gasteiger partial charge >= 0.3 is 0 Å². The Morgan fingerprint density at radius 3 is 2.25 bits per heavy atom. The molecule has 1 saturated heterocycles. The fourth-order valence-corrected chi connectivity index (χ4v) is 4.30. The Balaban J connectivity index is 1.35. The highest BCUT2D eigenvalue weighted by atomic mass is 16.2. The third-order valence-electron chi connectivity index (χ3n) is 6.02. The number of rotatable bonds is 4. The third kappa shape index (κ3) is 3.73. The molecule has 1 N–H and O–H groups in total. The number of hydrazone groups is 1. The molecule has 0 aliphatic carbocycles. The molecule has 2 amide bonds. The van der Waals surface area contributed by atoms with E-state index in [1.54, 1.807) is 11.1 Å². The molecule has 1 atom stereocenters. The molecule has 0 radical (unpaired) electrons. The molecule has 32 heavy (non-hydrogen) atoms. The van der Waals surface area contributed by atoms with Crippen molar-refractivity contribution in [1.82, 2.24) is 5.43 Å². The minimum atomic E-state index is -0.426. The van der Waals surface area contributed by atoms with Crippen molar-refractivity contribution < 1.29 is 9.59 Å². The second kappa shape index (κ2) is 8.27. The van der Waals surface area contributed by atoms with Crippen molar-refractivity contribution in [3.8, 4) is 0 Å². The van der Waals surface area contributed by atoms with E-state index in [4.69, 9.17) is 0 Å². The van der Waals surface area contributed by atoms with E-state index in [1.165, 1.54) is 0 Å². The number of fused-ring (bicyclic) bond motifs is 2. The van der Waals surface area contributed by atoms with Crippen LogP contribution in [0.4, 0.5) is 5.69 Å². The lowest BCUT2D eigenvalue weighted by Crippen LogP contribution is -2.30. The zero-order valence-corrected chi connectivity index (χ0v) is 17.8. The van der Waals surface area contributed by atoms with Crippen molar-refractivity contribution in [3.05, 3.63) is 90.0 Å². The zero-order valence-electron chi connectivity index (χ0n) is 17.8. The summed E-state index contributed by atoms with van der Waals surface area (Å²) >= 11 is 0. The van der Waals surface area contributed by atoms with Crippen LogP contribution in [-0.2, 0) is 9.59 Å². The number of hydrogen-bond donors (Lipinski definition) is 1. The predicted molar refractivity (Wildman–Crippen MR) is 129 cm³/mol. The van der Waals surface area contributed by atoms with Crippen molar-refractivity contribution in [2.75, 3.05) is 11.4 Å². The molecular formula is C27H23N3O2. The molecule has 1 aliphatic heterocycles. The fourth-order valence-electron chi connectivity index (χ4n) is 4.30. The maximum absolute atomic E-state index is 12.7. The van der Waals surface area contributed by atoms with Crippen molar-refractivity contribution in [2.45, 2.75) is 13.3 Å². The number of benzene rings is 4. The molecule has 4 aromatic rings. The highest BCUT2D eigenvalue weighted by molar-refractivity contribution is 6.13.